The number of hydrogen-bond acceptors (Lipinski definition) is 3. The van der Waals surface area contributed by atoms with Gasteiger partial charge < -0.3 is 20.6 Å². The van der Waals surface area contributed by atoms with Crippen molar-refractivity contribution in [2.45, 2.75) is 12.5 Å². The minimum Gasteiger partial charge on any atom is -0.480 e. The highest BCUT2D eigenvalue weighted by atomic mass is 16.4. The third-order valence-electron chi connectivity index (χ3n) is 2.57. The van der Waals surface area contributed by atoms with Crippen LogP contribution < -0.4 is 15.5 Å². The number of aliphatic carboxylic acids is 1. The number of rotatable bonds is 5. The summed E-state index contributed by atoms with van der Waals surface area (Å²) in [5, 5.41) is 13.7. The Balaban J connectivity index is 2.62. The topological polar surface area (TPSA) is 81.7 Å². The third kappa shape index (κ3) is 4.53. The van der Waals surface area contributed by atoms with Gasteiger partial charge in [0.15, 0.2) is 0 Å². The van der Waals surface area contributed by atoms with E-state index in [2.05, 4.69) is 16.6 Å². The Morgan fingerprint density at radius 2 is 1.95 bits per heavy atom. The SMILES string of the molecule is C#CCC(NC(=O)Nc1ccc(N(C)C)cc1)C(=O)O. The smallest absolute Gasteiger partial charge is 0.327 e. The Bertz CT molecular complexity index is 517. The number of carboxylic acid groups (broad SMARTS) is 1. The van der Waals surface area contributed by atoms with E-state index in [9.17, 15) is 9.59 Å². The zero-order valence-corrected chi connectivity index (χ0v) is 11.4. The van der Waals surface area contributed by atoms with E-state index in [4.69, 9.17) is 11.5 Å². The molecule has 0 heterocycles. The monoisotopic (exact) mass is 275 g/mol. The highest BCUT2D eigenvalue weighted by molar-refractivity contribution is 5.92. The summed E-state index contributed by atoms with van der Waals surface area (Å²) in [7, 11) is 3.82. The Labute approximate surface area is 117 Å². The normalized spacial score (nSPS) is 11.1. The van der Waals surface area contributed by atoms with Crippen molar-refractivity contribution in [1.29, 1.82) is 0 Å². The number of benzene rings is 1. The first-order valence-electron chi connectivity index (χ1n) is 5.95. The van der Waals surface area contributed by atoms with Crippen LogP contribution in [0, 0.1) is 12.3 Å². The van der Waals surface area contributed by atoms with Crippen molar-refractivity contribution in [3.63, 3.8) is 0 Å². The zero-order chi connectivity index (χ0) is 15.1. The zero-order valence-electron chi connectivity index (χ0n) is 11.4. The summed E-state index contributed by atoms with van der Waals surface area (Å²) in [4.78, 5) is 24.4. The molecule has 0 aliphatic heterocycles. The molecule has 0 saturated carbocycles. The first-order chi connectivity index (χ1) is 9.43. The van der Waals surface area contributed by atoms with Gasteiger partial charge >= 0.3 is 12.0 Å². The van der Waals surface area contributed by atoms with Crippen molar-refractivity contribution in [2.75, 3.05) is 24.3 Å². The summed E-state index contributed by atoms with van der Waals surface area (Å²) < 4.78 is 0. The van der Waals surface area contributed by atoms with Crippen molar-refractivity contribution in [3.8, 4) is 12.3 Å². The fraction of sp³-hybridized carbons (Fsp3) is 0.286. The van der Waals surface area contributed by atoms with Gasteiger partial charge in [0.1, 0.15) is 6.04 Å². The van der Waals surface area contributed by atoms with Crippen molar-refractivity contribution in [3.05, 3.63) is 24.3 Å². The highest BCUT2D eigenvalue weighted by Crippen LogP contribution is 2.15. The molecule has 0 saturated heterocycles. The average molecular weight is 275 g/mol. The van der Waals surface area contributed by atoms with Crippen LogP contribution in [0.15, 0.2) is 24.3 Å². The molecule has 0 spiro atoms. The van der Waals surface area contributed by atoms with Crippen LogP contribution in [0.3, 0.4) is 0 Å². The standard InChI is InChI=1S/C14H17N3O3/c1-4-5-12(13(18)19)16-14(20)15-10-6-8-11(9-7-10)17(2)3/h1,6-9,12H,5H2,2-3H3,(H,18,19)(H2,15,16,20). The van der Waals surface area contributed by atoms with Gasteiger partial charge in [-0.15, -0.1) is 12.3 Å². The molecule has 6 nitrogen and oxygen atoms in total. The lowest BCUT2D eigenvalue weighted by atomic mass is 10.2. The molecule has 106 valence electrons. The van der Waals surface area contributed by atoms with Gasteiger partial charge in [-0.3, -0.25) is 0 Å². The Hall–Kier alpha value is -2.68. The van der Waals surface area contributed by atoms with E-state index in [0.29, 0.717) is 5.69 Å². The second kappa shape index (κ2) is 7.04. The van der Waals surface area contributed by atoms with Gasteiger partial charge in [-0.1, -0.05) is 0 Å². The molecule has 1 rings (SSSR count). The number of carboxylic acids is 1. The molecular formula is C14H17N3O3. The lowest BCUT2D eigenvalue weighted by Gasteiger charge is -2.15. The largest absolute Gasteiger partial charge is 0.480 e. The van der Waals surface area contributed by atoms with Gasteiger partial charge in [-0.05, 0) is 24.3 Å². The number of terminal acetylenes is 1. The summed E-state index contributed by atoms with van der Waals surface area (Å²) in [5.74, 6) is 1.04. The fourth-order valence-electron chi connectivity index (χ4n) is 1.49. The lowest BCUT2D eigenvalue weighted by Crippen LogP contribution is -2.42. The third-order valence-corrected chi connectivity index (χ3v) is 2.57. The van der Waals surface area contributed by atoms with E-state index in [1.165, 1.54) is 0 Å². The molecule has 0 radical (unpaired) electrons. The maximum Gasteiger partial charge on any atom is 0.327 e. The second-order valence-electron chi connectivity index (χ2n) is 4.34. The van der Waals surface area contributed by atoms with Crippen LogP contribution >= 0.6 is 0 Å². The summed E-state index contributed by atoms with van der Waals surface area (Å²) >= 11 is 0. The molecule has 0 aliphatic carbocycles. The predicted octanol–water partition coefficient (Wildman–Crippen LogP) is 1.35. The number of hydrogen-bond donors (Lipinski definition) is 3. The van der Waals surface area contributed by atoms with Crippen molar-refractivity contribution < 1.29 is 14.7 Å². The van der Waals surface area contributed by atoms with Gasteiger partial charge in [0.05, 0.1) is 0 Å². The van der Waals surface area contributed by atoms with Crippen LogP contribution in [0.4, 0.5) is 16.2 Å². The number of amides is 2. The van der Waals surface area contributed by atoms with E-state index in [0.717, 1.165) is 5.69 Å². The van der Waals surface area contributed by atoms with E-state index in [1.54, 1.807) is 12.1 Å². The van der Waals surface area contributed by atoms with Crippen LogP contribution in [0.1, 0.15) is 6.42 Å². The number of carbonyl (C=O) groups excluding carboxylic acids is 1. The van der Waals surface area contributed by atoms with Gasteiger partial charge in [0.2, 0.25) is 0 Å². The maximum atomic E-state index is 11.7. The minimum absolute atomic E-state index is 0.0671. The molecule has 0 aliphatic rings. The molecule has 1 atom stereocenters. The number of anilines is 2. The molecule has 1 aromatic carbocycles. The Kier molecular flexibility index (Phi) is 5.42. The maximum absolute atomic E-state index is 11.7. The van der Waals surface area contributed by atoms with E-state index >= 15 is 0 Å². The van der Waals surface area contributed by atoms with E-state index < -0.39 is 18.0 Å². The van der Waals surface area contributed by atoms with Crippen molar-refractivity contribution in [1.82, 2.24) is 5.32 Å². The predicted molar refractivity (Wildman–Crippen MR) is 77.8 cm³/mol. The molecule has 0 fully saturated rings. The van der Waals surface area contributed by atoms with E-state index in [-0.39, 0.29) is 6.42 Å². The Morgan fingerprint density at radius 3 is 2.40 bits per heavy atom. The lowest BCUT2D eigenvalue weighted by molar-refractivity contribution is -0.139. The van der Waals surface area contributed by atoms with Gasteiger partial charge in [-0.2, -0.15) is 0 Å². The van der Waals surface area contributed by atoms with E-state index in [1.807, 2.05) is 31.1 Å². The summed E-state index contributed by atoms with van der Waals surface area (Å²) in [6.07, 6.45) is 4.98. The molecule has 6 heteroatoms. The van der Waals surface area contributed by atoms with Crippen LogP contribution in [-0.4, -0.2) is 37.2 Å². The first-order valence-corrected chi connectivity index (χ1v) is 5.95. The molecule has 2 amide bonds. The van der Waals surface area contributed by atoms with Gasteiger partial charge in [-0.25, -0.2) is 9.59 Å². The molecule has 1 unspecified atom stereocenters. The average Bonchev–Trinajstić information content (AvgIpc) is 2.38. The van der Waals surface area contributed by atoms with Crippen LogP contribution in [0.5, 0.6) is 0 Å². The van der Waals surface area contributed by atoms with Crippen LogP contribution in [0.2, 0.25) is 0 Å². The summed E-state index contributed by atoms with van der Waals surface area (Å²) in [6.45, 7) is 0. The van der Waals surface area contributed by atoms with Crippen LogP contribution in [-0.2, 0) is 4.79 Å². The summed E-state index contributed by atoms with van der Waals surface area (Å²) in [6, 6.07) is 5.43. The summed E-state index contributed by atoms with van der Waals surface area (Å²) in [5.41, 5.74) is 1.56. The number of carbonyl (C=O) groups is 2. The molecule has 3 N–H and O–H groups in total. The minimum atomic E-state index is -1.17. The Morgan fingerprint density at radius 1 is 1.35 bits per heavy atom. The fourth-order valence-corrected chi connectivity index (χ4v) is 1.49. The number of urea groups is 1. The van der Waals surface area contributed by atoms with Crippen LogP contribution in [0.25, 0.3) is 0 Å². The van der Waals surface area contributed by atoms with Crippen molar-refractivity contribution >= 4 is 23.4 Å². The van der Waals surface area contributed by atoms with Gasteiger partial charge in [0.25, 0.3) is 0 Å². The molecule has 0 bridgehead atoms. The first kappa shape index (κ1) is 15.4. The van der Waals surface area contributed by atoms with Gasteiger partial charge in [0, 0.05) is 31.9 Å². The number of nitrogens with one attached hydrogen (secondary N) is 2. The molecule has 1 aromatic rings. The second-order valence-corrected chi connectivity index (χ2v) is 4.34. The quantitative estimate of drug-likeness (QED) is 0.708. The highest BCUT2D eigenvalue weighted by Gasteiger charge is 2.18. The van der Waals surface area contributed by atoms with Crippen molar-refractivity contribution in [2.24, 2.45) is 0 Å². The molecule has 0 aromatic heterocycles. The molecular weight excluding hydrogens is 258 g/mol. The number of nitrogens with zero attached hydrogens (tertiary/aromatic N) is 1. The molecule has 20 heavy (non-hydrogen) atoms.